The number of hydrogen-bond acceptors (Lipinski definition) is 5. The minimum atomic E-state index is 0.572. The molecule has 4 aromatic rings. The Hall–Kier alpha value is -3.72. The lowest BCUT2D eigenvalue weighted by Crippen LogP contribution is -2.02. The normalized spacial score (nSPS) is 10.5. The van der Waals surface area contributed by atoms with Crippen LogP contribution in [0.3, 0.4) is 0 Å². The van der Waals surface area contributed by atoms with Gasteiger partial charge in [-0.2, -0.15) is 10.4 Å². The van der Waals surface area contributed by atoms with Crippen molar-refractivity contribution in [2.75, 3.05) is 5.32 Å². The zero-order chi connectivity index (χ0) is 17.1. The van der Waals surface area contributed by atoms with E-state index in [4.69, 9.17) is 5.26 Å². The van der Waals surface area contributed by atoms with Gasteiger partial charge in [0.25, 0.3) is 0 Å². The van der Waals surface area contributed by atoms with E-state index in [-0.39, 0.29) is 0 Å². The summed E-state index contributed by atoms with van der Waals surface area (Å²) in [4.78, 5) is 8.93. The first kappa shape index (κ1) is 14.8. The molecule has 0 saturated heterocycles. The summed E-state index contributed by atoms with van der Waals surface area (Å²) < 4.78 is 1.71. The fourth-order valence-corrected chi connectivity index (χ4v) is 2.60. The minimum absolute atomic E-state index is 0.572. The summed E-state index contributed by atoms with van der Waals surface area (Å²) in [5, 5.41) is 16.7. The Morgan fingerprint density at radius 1 is 1.12 bits per heavy atom. The summed E-state index contributed by atoms with van der Waals surface area (Å²) in [6.45, 7) is 0.685. The van der Waals surface area contributed by atoms with Crippen LogP contribution in [0.1, 0.15) is 11.1 Å². The Morgan fingerprint density at radius 3 is 2.84 bits per heavy atom. The van der Waals surface area contributed by atoms with E-state index >= 15 is 0 Å². The molecular weight excluding hydrogens is 312 g/mol. The van der Waals surface area contributed by atoms with Gasteiger partial charge in [-0.25, -0.2) is 14.5 Å². The Labute approximate surface area is 144 Å². The molecule has 0 radical (unpaired) electrons. The number of aromatic nitrogens is 4. The minimum Gasteiger partial charge on any atom is -0.366 e. The third-order valence-electron chi connectivity index (χ3n) is 3.86. The van der Waals surface area contributed by atoms with Crippen LogP contribution in [-0.4, -0.2) is 19.6 Å². The van der Waals surface area contributed by atoms with Gasteiger partial charge in [0, 0.05) is 18.9 Å². The molecular formula is C19H14N6. The van der Waals surface area contributed by atoms with E-state index in [1.54, 1.807) is 35.2 Å². The highest BCUT2D eigenvalue weighted by atomic mass is 15.2. The van der Waals surface area contributed by atoms with E-state index < -0.39 is 0 Å². The van der Waals surface area contributed by atoms with E-state index in [1.165, 1.54) is 5.56 Å². The molecule has 0 unspecified atom stereocenters. The van der Waals surface area contributed by atoms with Gasteiger partial charge in [-0.15, -0.1) is 0 Å². The van der Waals surface area contributed by atoms with E-state index in [9.17, 15) is 0 Å². The number of hydrogen-bond donors (Lipinski definition) is 1. The van der Waals surface area contributed by atoms with Gasteiger partial charge in [-0.1, -0.05) is 30.3 Å². The molecule has 0 aliphatic heterocycles. The van der Waals surface area contributed by atoms with Gasteiger partial charge >= 0.3 is 0 Å². The molecule has 0 spiro atoms. The van der Waals surface area contributed by atoms with Crippen LogP contribution in [0.4, 0.5) is 5.82 Å². The first-order valence-corrected chi connectivity index (χ1v) is 7.82. The molecule has 3 aromatic heterocycles. The molecule has 4 rings (SSSR count). The number of nitriles is 1. The Kier molecular flexibility index (Phi) is 3.81. The van der Waals surface area contributed by atoms with Crippen molar-refractivity contribution in [1.29, 1.82) is 5.26 Å². The van der Waals surface area contributed by atoms with E-state index in [0.29, 0.717) is 17.9 Å². The first-order chi connectivity index (χ1) is 12.3. The molecule has 1 aromatic carbocycles. The third kappa shape index (κ3) is 3.03. The lowest BCUT2D eigenvalue weighted by atomic mass is 10.2. The Balaban J connectivity index is 1.64. The number of pyridine rings is 1. The summed E-state index contributed by atoms with van der Waals surface area (Å²) in [6.07, 6.45) is 5.19. The quantitative estimate of drug-likeness (QED) is 0.622. The highest BCUT2D eigenvalue weighted by Crippen LogP contribution is 2.22. The van der Waals surface area contributed by atoms with Crippen molar-refractivity contribution in [3.63, 3.8) is 0 Å². The molecule has 0 amide bonds. The highest BCUT2D eigenvalue weighted by molar-refractivity contribution is 5.77. The molecule has 6 nitrogen and oxygen atoms in total. The standard InChI is InChI=1S/C19H14N6/c20-11-15-7-9-25-17(10-15)16(13-23-25)19-21-8-6-18(24-19)22-12-14-4-2-1-3-5-14/h1-10,13H,12H2,(H,21,22,24). The molecule has 0 bridgehead atoms. The first-order valence-electron chi connectivity index (χ1n) is 7.82. The Morgan fingerprint density at radius 2 is 2.00 bits per heavy atom. The van der Waals surface area contributed by atoms with Gasteiger partial charge < -0.3 is 5.32 Å². The number of nitrogens with zero attached hydrogens (tertiary/aromatic N) is 5. The molecule has 3 heterocycles. The number of fused-ring (bicyclic) bond motifs is 1. The predicted octanol–water partition coefficient (Wildman–Crippen LogP) is 3.28. The van der Waals surface area contributed by atoms with Crippen molar-refractivity contribution in [2.24, 2.45) is 0 Å². The average Bonchev–Trinajstić information content (AvgIpc) is 3.10. The van der Waals surface area contributed by atoms with Gasteiger partial charge in [-0.3, -0.25) is 0 Å². The highest BCUT2D eigenvalue weighted by Gasteiger charge is 2.10. The van der Waals surface area contributed by atoms with Crippen LogP contribution in [0.5, 0.6) is 0 Å². The van der Waals surface area contributed by atoms with Crippen molar-refractivity contribution < 1.29 is 0 Å². The molecule has 0 aliphatic rings. The summed E-state index contributed by atoms with van der Waals surface area (Å²) in [6, 6.07) is 17.6. The van der Waals surface area contributed by atoms with Gasteiger partial charge in [0.1, 0.15) is 5.82 Å². The van der Waals surface area contributed by atoms with Crippen molar-refractivity contribution in [1.82, 2.24) is 19.6 Å². The summed E-state index contributed by atoms with van der Waals surface area (Å²) in [5.41, 5.74) is 3.35. The predicted molar refractivity (Wildman–Crippen MR) is 94.7 cm³/mol. The summed E-state index contributed by atoms with van der Waals surface area (Å²) in [7, 11) is 0. The molecule has 0 fully saturated rings. The molecule has 1 N–H and O–H groups in total. The van der Waals surface area contributed by atoms with Crippen LogP contribution in [0.2, 0.25) is 0 Å². The van der Waals surface area contributed by atoms with Crippen molar-refractivity contribution >= 4 is 11.3 Å². The van der Waals surface area contributed by atoms with Crippen LogP contribution >= 0.6 is 0 Å². The fraction of sp³-hybridized carbons (Fsp3) is 0.0526. The zero-order valence-electron chi connectivity index (χ0n) is 13.3. The van der Waals surface area contributed by atoms with Crippen molar-refractivity contribution in [3.05, 3.63) is 78.2 Å². The number of nitrogens with one attached hydrogen (secondary N) is 1. The largest absolute Gasteiger partial charge is 0.366 e. The maximum atomic E-state index is 9.10. The molecule has 0 atom stereocenters. The van der Waals surface area contributed by atoms with Gasteiger partial charge in [0.15, 0.2) is 5.82 Å². The molecule has 120 valence electrons. The second kappa shape index (κ2) is 6.42. The molecule has 25 heavy (non-hydrogen) atoms. The summed E-state index contributed by atoms with van der Waals surface area (Å²) in [5.74, 6) is 1.31. The third-order valence-corrected chi connectivity index (χ3v) is 3.86. The number of benzene rings is 1. The van der Waals surface area contributed by atoms with Crippen molar-refractivity contribution in [3.8, 4) is 17.5 Å². The second-order valence-corrected chi connectivity index (χ2v) is 5.52. The number of rotatable bonds is 4. The smallest absolute Gasteiger partial charge is 0.165 e. The van der Waals surface area contributed by atoms with Gasteiger partial charge in [0.2, 0.25) is 0 Å². The van der Waals surface area contributed by atoms with Crippen LogP contribution in [0, 0.1) is 11.3 Å². The lowest BCUT2D eigenvalue weighted by Gasteiger charge is -2.06. The zero-order valence-corrected chi connectivity index (χ0v) is 13.3. The van der Waals surface area contributed by atoms with E-state index in [0.717, 1.165) is 16.9 Å². The molecule has 0 saturated carbocycles. The van der Waals surface area contributed by atoms with Crippen LogP contribution in [0.25, 0.3) is 16.9 Å². The maximum Gasteiger partial charge on any atom is 0.165 e. The van der Waals surface area contributed by atoms with Gasteiger partial charge in [0.05, 0.1) is 28.9 Å². The lowest BCUT2D eigenvalue weighted by molar-refractivity contribution is 0.960. The molecule has 6 heteroatoms. The second-order valence-electron chi connectivity index (χ2n) is 5.52. The molecule has 0 aliphatic carbocycles. The van der Waals surface area contributed by atoms with E-state index in [1.807, 2.05) is 24.3 Å². The van der Waals surface area contributed by atoms with Crippen LogP contribution in [0.15, 0.2) is 67.1 Å². The Bertz CT molecular complexity index is 1060. The maximum absolute atomic E-state index is 9.10. The fourth-order valence-electron chi connectivity index (χ4n) is 2.60. The van der Waals surface area contributed by atoms with E-state index in [2.05, 4.69) is 38.6 Å². The van der Waals surface area contributed by atoms with Gasteiger partial charge in [-0.05, 0) is 23.8 Å². The SMILES string of the molecule is N#Cc1ccn2ncc(-c3nccc(NCc4ccccc4)n3)c2c1. The topological polar surface area (TPSA) is 78.9 Å². The van der Waals surface area contributed by atoms with Crippen LogP contribution in [-0.2, 0) is 6.54 Å². The van der Waals surface area contributed by atoms with Crippen molar-refractivity contribution in [2.45, 2.75) is 6.54 Å². The number of anilines is 1. The van der Waals surface area contributed by atoms with Crippen LogP contribution < -0.4 is 5.32 Å². The monoisotopic (exact) mass is 326 g/mol. The summed E-state index contributed by atoms with van der Waals surface area (Å²) >= 11 is 0. The average molecular weight is 326 g/mol.